The van der Waals surface area contributed by atoms with Crippen molar-refractivity contribution in [1.82, 2.24) is 4.90 Å². The van der Waals surface area contributed by atoms with Crippen LogP contribution in [0, 0.1) is 23.7 Å². The molecule has 0 aromatic heterocycles. The number of rotatable bonds is 4. The Morgan fingerprint density at radius 1 is 1.20 bits per heavy atom. The smallest absolute Gasteiger partial charge is 0.381 e. The van der Waals surface area contributed by atoms with E-state index in [1.54, 1.807) is 6.92 Å². The van der Waals surface area contributed by atoms with Crippen molar-refractivity contribution in [3.05, 3.63) is 0 Å². The largest absolute Gasteiger partial charge is 0.471 e. The van der Waals surface area contributed by atoms with E-state index in [0.29, 0.717) is 26.1 Å². The van der Waals surface area contributed by atoms with Crippen molar-refractivity contribution in [2.24, 2.45) is 23.7 Å². The predicted octanol–water partition coefficient (Wildman–Crippen LogP) is 2.16. The number of aliphatic hydroxyl groups is 2. The summed E-state index contributed by atoms with van der Waals surface area (Å²) in [5.74, 6) is -2.60. The molecule has 146 valence electrons. The van der Waals surface area contributed by atoms with Gasteiger partial charge in [0.1, 0.15) is 0 Å². The number of alkyl halides is 3. The van der Waals surface area contributed by atoms with Crippen molar-refractivity contribution in [2.75, 3.05) is 13.2 Å². The average molecular weight is 367 g/mol. The first kappa shape index (κ1) is 20.5. The molecule has 5 atom stereocenters. The molecule has 0 spiro atoms. The molecule has 3 unspecified atom stereocenters. The number of carbonyl (C=O) groups excluding carboxylic acids is 1. The quantitative estimate of drug-likeness (QED) is 0.747. The Kier molecular flexibility index (Phi) is 6.38. The molecule has 2 fully saturated rings. The maximum absolute atomic E-state index is 13.2. The third-order valence-corrected chi connectivity index (χ3v) is 5.70. The summed E-state index contributed by atoms with van der Waals surface area (Å²) in [6.07, 6.45) is -5.65. The highest BCUT2D eigenvalue weighted by Gasteiger charge is 2.52. The van der Waals surface area contributed by atoms with Crippen LogP contribution in [0.1, 0.15) is 40.0 Å². The van der Waals surface area contributed by atoms with Gasteiger partial charge in [-0.3, -0.25) is 4.79 Å². The van der Waals surface area contributed by atoms with E-state index < -0.39 is 36.4 Å². The maximum atomic E-state index is 13.2. The van der Waals surface area contributed by atoms with E-state index in [-0.39, 0.29) is 24.2 Å². The van der Waals surface area contributed by atoms with Crippen LogP contribution in [0.15, 0.2) is 0 Å². The molecule has 0 aromatic rings. The van der Waals surface area contributed by atoms with E-state index >= 15 is 0 Å². The van der Waals surface area contributed by atoms with Gasteiger partial charge in [0.25, 0.3) is 0 Å². The molecule has 2 N–H and O–H groups in total. The number of aliphatic hydroxyl groups excluding tert-OH is 1. The summed E-state index contributed by atoms with van der Waals surface area (Å²) in [5.41, 5.74) is 0. The third kappa shape index (κ3) is 4.46. The molecule has 1 aliphatic heterocycles. The van der Waals surface area contributed by atoms with Crippen molar-refractivity contribution in [3.63, 3.8) is 0 Å². The Hall–Kier alpha value is -0.860. The Labute approximate surface area is 146 Å². The van der Waals surface area contributed by atoms with E-state index in [0.717, 1.165) is 4.90 Å². The summed E-state index contributed by atoms with van der Waals surface area (Å²) < 4.78 is 45.0. The van der Waals surface area contributed by atoms with Gasteiger partial charge >= 0.3 is 12.1 Å². The lowest BCUT2D eigenvalue weighted by Crippen LogP contribution is -2.56. The Balaban J connectivity index is 2.30. The third-order valence-electron chi connectivity index (χ3n) is 5.70. The first-order valence-corrected chi connectivity index (χ1v) is 8.87. The van der Waals surface area contributed by atoms with E-state index in [4.69, 9.17) is 4.74 Å². The maximum Gasteiger partial charge on any atom is 0.471 e. The number of ether oxygens (including phenoxy) is 1. The molecule has 5 nitrogen and oxygen atoms in total. The summed E-state index contributed by atoms with van der Waals surface area (Å²) in [5, 5.41) is 19.3. The second-order valence-electron chi connectivity index (χ2n) is 7.73. The Morgan fingerprint density at radius 2 is 1.80 bits per heavy atom. The predicted molar refractivity (Wildman–Crippen MR) is 84.4 cm³/mol. The number of carbonyl (C=O) groups is 1. The summed E-state index contributed by atoms with van der Waals surface area (Å²) in [6, 6.07) is -1.19. The van der Waals surface area contributed by atoms with Gasteiger partial charge in [-0.25, -0.2) is 0 Å². The van der Waals surface area contributed by atoms with Gasteiger partial charge in [0, 0.05) is 30.5 Å². The molecule has 1 amide bonds. The zero-order chi connectivity index (χ0) is 18.9. The lowest BCUT2D eigenvalue weighted by Gasteiger charge is -2.42. The summed E-state index contributed by atoms with van der Waals surface area (Å²) >= 11 is 0. The minimum atomic E-state index is -4.94. The molecule has 2 rings (SSSR count). The Morgan fingerprint density at radius 3 is 2.24 bits per heavy atom. The van der Waals surface area contributed by atoms with E-state index in [1.165, 1.54) is 0 Å². The summed E-state index contributed by atoms with van der Waals surface area (Å²) in [4.78, 5) is 13.2. The van der Waals surface area contributed by atoms with Crippen molar-refractivity contribution in [3.8, 4) is 0 Å². The lowest BCUT2D eigenvalue weighted by atomic mass is 9.86. The highest BCUT2D eigenvalue weighted by atomic mass is 19.4. The van der Waals surface area contributed by atoms with Crippen molar-refractivity contribution < 1.29 is 32.9 Å². The van der Waals surface area contributed by atoms with Gasteiger partial charge in [-0.2, -0.15) is 13.2 Å². The minimum Gasteiger partial charge on any atom is -0.381 e. The minimum absolute atomic E-state index is 0.0896. The number of halogens is 3. The monoisotopic (exact) mass is 367 g/mol. The average Bonchev–Trinajstić information content (AvgIpc) is 2.94. The number of nitrogens with zero attached hydrogens (tertiary/aromatic N) is 1. The van der Waals surface area contributed by atoms with Gasteiger partial charge in [-0.05, 0) is 31.1 Å². The molecule has 25 heavy (non-hydrogen) atoms. The molecule has 1 aliphatic carbocycles. The fourth-order valence-corrected chi connectivity index (χ4v) is 4.43. The van der Waals surface area contributed by atoms with Crippen LogP contribution in [0.2, 0.25) is 0 Å². The fourth-order valence-electron chi connectivity index (χ4n) is 4.43. The topological polar surface area (TPSA) is 70.0 Å². The molecule has 1 heterocycles. The fraction of sp³-hybridized carbons (Fsp3) is 0.941. The van der Waals surface area contributed by atoms with Crippen LogP contribution in [0.4, 0.5) is 13.2 Å². The van der Waals surface area contributed by atoms with Crippen LogP contribution in [0.25, 0.3) is 0 Å². The molecule has 0 bridgehead atoms. The highest BCUT2D eigenvalue weighted by molar-refractivity contribution is 5.82. The van der Waals surface area contributed by atoms with E-state index in [9.17, 15) is 28.2 Å². The van der Waals surface area contributed by atoms with Gasteiger partial charge in [0.05, 0.1) is 6.61 Å². The van der Waals surface area contributed by atoms with Crippen LogP contribution in [0.3, 0.4) is 0 Å². The first-order chi connectivity index (χ1) is 11.5. The molecular weight excluding hydrogens is 339 g/mol. The molecule has 1 saturated carbocycles. The number of amides is 1. The molecule has 8 heteroatoms. The second-order valence-corrected chi connectivity index (χ2v) is 7.73. The van der Waals surface area contributed by atoms with Crippen LogP contribution < -0.4 is 0 Å². The zero-order valence-electron chi connectivity index (χ0n) is 14.9. The molecule has 0 radical (unpaired) electrons. The van der Waals surface area contributed by atoms with Crippen molar-refractivity contribution in [1.29, 1.82) is 0 Å². The van der Waals surface area contributed by atoms with E-state index in [1.807, 2.05) is 13.8 Å². The molecule has 2 aliphatic rings. The number of hydrogen-bond donors (Lipinski definition) is 2. The lowest BCUT2D eigenvalue weighted by molar-refractivity contribution is -0.194. The van der Waals surface area contributed by atoms with Crippen LogP contribution >= 0.6 is 0 Å². The SMILES string of the molecule is CC(C)C1CC(N(C(=O)C(F)(F)F)[C@H]2CCOC[C@H]2C)CC1C(O)O. The normalized spacial score (nSPS) is 33.9. The van der Waals surface area contributed by atoms with Gasteiger partial charge in [0.2, 0.25) is 0 Å². The van der Waals surface area contributed by atoms with Crippen LogP contribution in [0.5, 0.6) is 0 Å². The van der Waals surface area contributed by atoms with E-state index in [2.05, 4.69) is 0 Å². The van der Waals surface area contributed by atoms with Gasteiger partial charge < -0.3 is 19.8 Å². The van der Waals surface area contributed by atoms with Crippen LogP contribution in [-0.4, -0.2) is 58.8 Å². The van der Waals surface area contributed by atoms with Gasteiger partial charge in [0.15, 0.2) is 6.29 Å². The van der Waals surface area contributed by atoms with Gasteiger partial charge in [-0.15, -0.1) is 0 Å². The zero-order valence-corrected chi connectivity index (χ0v) is 14.9. The molecule has 1 saturated heterocycles. The van der Waals surface area contributed by atoms with Crippen LogP contribution in [-0.2, 0) is 9.53 Å². The second kappa shape index (κ2) is 7.80. The van der Waals surface area contributed by atoms with Gasteiger partial charge in [-0.1, -0.05) is 20.8 Å². The van der Waals surface area contributed by atoms with Crippen molar-refractivity contribution in [2.45, 2.75) is 64.6 Å². The number of hydrogen-bond acceptors (Lipinski definition) is 4. The highest BCUT2D eigenvalue weighted by Crippen LogP contribution is 2.43. The molecule has 0 aromatic carbocycles. The standard InChI is InChI=1S/C17H28F3NO4/c1-9(2)12-6-11(7-13(12)15(22)23)21(16(24)17(18,19)20)14-4-5-25-8-10(14)3/h9-15,22-23H,4-8H2,1-3H3/t10-,11?,12?,13?,14+/m1/s1. The molecular formula is C17H28F3NO4. The summed E-state index contributed by atoms with van der Waals surface area (Å²) in [6.45, 7) is 6.25. The summed E-state index contributed by atoms with van der Waals surface area (Å²) in [7, 11) is 0. The van der Waals surface area contributed by atoms with Crippen molar-refractivity contribution >= 4 is 5.91 Å². The Bertz CT molecular complexity index is 453. The first-order valence-electron chi connectivity index (χ1n) is 8.87.